The molecule has 3 aromatic rings. The Labute approximate surface area is 163 Å². The second-order valence-corrected chi connectivity index (χ2v) is 7.04. The number of rotatable bonds is 5. The van der Waals surface area contributed by atoms with Crippen LogP contribution in [-0.2, 0) is 6.54 Å². The highest BCUT2D eigenvalue weighted by Gasteiger charge is 2.24. The van der Waals surface area contributed by atoms with Crippen molar-refractivity contribution in [2.24, 2.45) is 0 Å². The van der Waals surface area contributed by atoms with E-state index in [1.165, 1.54) is 4.90 Å². The van der Waals surface area contributed by atoms with E-state index in [0.717, 1.165) is 49.7 Å². The molecule has 2 aromatic carbocycles. The van der Waals surface area contributed by atoms with Crippen LogP contribution in [0.5, 0.6) is 5.75 Å². The summed E-state index contributed by atoms with van der Waals surface area (Å²) in [6.45, 7) is 4.67. The smallest absolute Gasteiger partial charge is 0.282 e. The SMILES string of the molecule is COc1ccccc1N1CC[NH+](Cc2nc(-c3cccc(Cl)c3)no2)CC1. The number of anilines is 1. The maximum Gasteiger partial charge on any atom is 0.282 e. The van der Waals surface area contributed by atoms with Crippen LogP contribution in [0.25, 0.3) is 11.4 Å². The minimum atomic E-state index is 0.583. The summed E-state index contributed by atoms with van der Waals surface area (Å²) in [7, 11) is 1.72. The monoisotopic (exact) mass is 385 g/mol. The first kappa shape index (κ1) is 17.8. The number of nitrogens with zero attached hydrogens (tertiary/aromatic N) is 3. The minimum absolute atomic E-state index is 0.583. The lowest BCUT2D eigenvalue weighted by Crippen LogP contribution is -3.13. The number of halogens is 1. The van der Waals surface area contributed by atoms with Crippen LogP contribution in [0, 0.1) is 0 Å². The third kappa shape index (κ3) is 4.07. The van der Waals surface area contributed by atoms with Crippen LogP contribution in [-0.4, -0.2) is 43.4 Å². The second kappa shape index (κ2) is 7.98. The van der Waals surface area contributed by atoms with Crippen LogP contribution in [0.4, 0.5) is 5.69 Å². The Bertz CT molecular complexity index is 906. The standard InChI is InChI=1S/C20H21ClN4O2/c1-26-18-8-3-2-7-17(18)25-11-9-24(10-12-25)14-19-22-20(23-27-19)15-5-4-6-16(21)13-15/h2-8,13H,9-12,14H2,1H3/p+1. The molecule has 6 nitrogen and oxygen atoms in total. The highest BCUT2D eigenvalue weighted by Crippen LogP contribution is 2.27. The van der Waals surface area contributed by atoms with E-state index in [4.69, 9.17) is 20.9 Å². The molecule has 0 saturated carbocycles. The van der Waals surface area contributed by atoms with Gasteiger partial charge in [-0.15, -0.1) is 0 Å². The number of ether oxygens (including phenoxy) is 1. The molecule has 1 aliphatic rings. The van der Waals surface area contributed by atoms with Crippen LogP contribution >= 0.6 is 11.6 Å². The third-order valence-corrected chi connectivity index (χ3v) is 5.08. The van der Waals surface area contributed by atoms with Crippen LogP contribution in [0.2, 0.25) is 5.02 Å². The molecule has 1 N–H and O–H groups in total. The minimum Gasteiger partial charge on any atom is -0.495 e. The van der Waals surface area contributed by atoms with E-state index < -0.39 is 0 Å². The first-order valence-electron chi connectivity index (χ1n) is 9.03. The van der Waals surface area contributed by atoms with Crippen molar-refractivity contribution in [1.82, 2.24) is 10.1 Å². The molecule has 0 radical (unpaired) electrons. The molecule has 0 spiro atoms. The van der Waals surface area contributed by atoms with Gasteiger partial charge in [0.05, 0.1) is 39.0 Å². The second-order valence-electron chi connectivity index (χ2n) is 6.61. The number of para-hydroxylation sites is 2. The van der Waals surface area contributed by atoms with E-state index >= 15 is 0 Å². The number of hydrogen-bond donors (Lipinski definition) is 1. The van der Waals surface area contributed by atoms with Crippen LogP contribution in [0.1, 0.15) is 5.89 Å². The summed E-state index contributed by atoms with van der Waals surface area (Å²) in [5.41, 5.74) is 2.02. The van der Waals surface area contributed by atoms with Crippen molar-refractivity contribution in [3.8, 4) is 17.1 Å². The molecule has 2 heterocycles. The fraction of sp³-hybridized carbons (Fsp3) is 0.300. The summed E-state index contributed by atoms with van der Waals surface area (Å²) in [5.74, 6) is 2.16. The molecule has 0 atom stereocenters. The van der Waals surface area contributed by atoms with E-state index in [9.17, 15) is 0 Å². The molecule has 7 heteroatoms. The first-order chi connectivity index (χ1) is 13.2. The Morgan fingerprint density at radius 2 is 1.96 bits per heavy atom. The zero-order chi connectivity index (χ0) is 18.6. The van der Waals surface area contributed by atoms with Gasteiger partial charge < -0.3 is 19.1 Å². The van der Waals surface area contributed by atoms with Crippen molar-refractivity contribution < 1.29 is 14.2 Å². The molecule has 27 heavy (non-hydrogen) atoms. The molecule has 0 bridgehead atoms. The number of methoxy groups -OCH3 is 1. The quantitative estimate of drug-likeness (QED) is 0.730. The number of nitrogens with one attached hydrogen (secondary N) is 1. The van der Waals surface area contributed by atoms with Crippen molar-refractivity contribution in [1.29, 1.82) is 0 Å². The van der Waals surface area contributed by atoms with E-state index in [-0.39, 0.29) is 0 Å². The zero-order valence-corrected chi connectivity index (χ0v) is 15.9. The summed E-state index contributed by atoms with van der Waals surface area (Å²) in [4.78, 5) is 8.33. The molecule has 0 unspecified atom stereocenters. The fourth-order valence-corrected chi connectivity index (χ4v) is 3.61. The molecular weight excluding hydrogens is 364 g/mol. The molecule has 1 fully saturated rings. The Morgan fingerprint density at radius 1 is 1.15 bits per heavy atom. The maximum absolute atomic E-state index is 6.04. The van der Waals surface area contributed by atoms with Crippen LogP contribution < -0.4 is 14.5 Å². The molecule has 1 aromatic heterocycles. The van der Waals surface area contributed by atoms with Gasteiger partial charge in [-0.05, 0) is 24.3 Å². The normalized spacial score (nSPS) is 15.1. The van der Waals surface area contributed by atoms with Gasteiger partial charge >= 0.3 is 0 Å². The predicted molar refractivity (Wildman–Crippen MR) is 104 cm³/mol. The molecule has 1 aliphatic heterocycles. The summed E-state index contributed by atoms with van der Waals surface area (Å²) in [6, 6.07) is 15.6. The summed E-state index contributed by atoms with van der Waals surface area (Å²) in [5, 5.41) is 4.76. The summed E-state index contributed by atoms with van der Waals surface area (Å²) in [6.07, 6.45) is 0. The highest BCUT2D eigenvalue weighted by atomic mass is 35.5. The lowest BCUT2D eigenvalue weighted by atomic mass is 10.2. The van der Waals surface area contributed by atoms with Crippen molar-refractivity contribution in [3.63, 3.8) is 0 Å². The number of piperazine rings is 1. The average molecular weight is 386 g/mol. The molecule has 1 saturated heterocycles. The number of quaternary nitrogens is 1. The predicted octanol–water partition coefficient (Wildman–Crippen LogP) is 2.30. The van der Waals surface area contributed by atoms with E-state index in [1.54, 1.807) is 7.11 Å². The molecule has 0 aliphatic carbocycles. The van der Waals surface area contributed by atoms with Gasteiger partial charge in [0.15, 0.2) is 6.54 Å². The number of hydrogen-bond acceptors (Lipinski definition) is 5. The molecule has 0 amide bonds. The van der Waals surface area contributed by atoms with E-state index in [0.29, 0.717) is 16.7 Å². The van der Waals surface area contributed by atoms with Gasteiger partial charge in [0, 0.05) is 10.6 Å². The maximum atomic E-state index is 6.04. The number of benzene rings is 2. The van der Waals surface area contributed by atoms with Gasteiger partial charge in [0.25, 0.3) is 5.89 Å². The van der Waals surface area contributed by atoms with Crippen LogP contribution in [0.15, 0.2) is 53.1 Å². The first-order valence-corrected chi connectivity index (χ1v) is 9.41. The van der Waals surface area contributed by atoms with Gasteiger partial charge in [-0.1, -0.05) is 41.0 Å². The van der Waals surface area contributed by atoms with Gasteiger partial charge in [-0.2, -0.15) is 4.98 Å². The van der Waals surface area contributed by atoms with Gasteiger partial charge in [0.2, 0.25) is 5.82 Å². The van der Waals surface area contributed by atoms with Crippen molar-refractivity contribution in [3.05, 3.63) is 59.4 Å². The number of aromatic nitrogens is 2. The fourth-order valence-electron chi connectivity index (χ4n) is 3.42. The Morgan fingerprint density at radius 3 is 2.74 bits per heavy atom. The lowest BCUT2D eigenvalue weighted by Gasteiger charge is -2.33. The highest BCUT2D eigenvalue weighted by molar-refractivity contribution is 6.30. The molecular formula is C20H22ClN4O2+. The van der Waals surface area contributed by atoms with Crippen LogP contribution in [0.3, 0.4) is 0 Å². The Hall–Kier alpha value is -2.57. The van der Waals surface area contributed by atoms with Gasteiger partial charge in [-0.3, -0.25) is 0 Å². The van der Waals surface area contributed by atoms with E-state index in [2.05, 4.69) is 21.1 Å². The molecule has 140 valence electrons. The van der Waals surface area contributed by atoms with Gasteiger partial charge in [0.1, 0.15) is 5.75 Å². The van der Waals surface area contributed by atoms with Gasteiger partial charge in [-0.25, -0.2) is 0 Å². The Kier molecular flexibility index (Phi) is 5.27. The molecule has 4 rings (SSSR count). The topological polar surface area (TPSA) is 55.8 Å². The Balaban J connectivity index is 1.37. The van der Waals surface area contributed by atoms with Crippen molar-refractivity contribution >= 4 is 17.3 Å². The van der Waals surface area contributed by atoms with Crippen molar-refractivity contribution in [2.45, 2.75) is 6.54 Å². The summed E-state index contributed by atoms with van der Waals surface area (Å²) < 4.78 is 10.9. The largest absolute Gasteiger partial charge is 0.495 e. The third-order valence-electron chi connectivity index (χ3n) is 4.85. The van der Waals surface area contributed by atoms with E-state index in [1.807, 2.05) is 42.5 Å². The average Bonchev–Trinajstić information content (AvgIpc) is 3.17. The zero-order valence-electron chi connectivity index (χ0n) is 15.2. The van der Waals surface area contributed by atoms with Crippen molar-refractivity contribution in [2.75, 3.05) is 38.2 Å². The lowest BCUT2D eigenvalue weighted by molar-refractivity contribution is -0.915. The summed E-state index contributed by atoms with van der Waals surface area (Å²) >= 11 is 6.04.